The average Bonchev–Trinajstić information content (AvgIpc) is 3.68. The number of amides is 2. The number of nitrogens with zero attached hydrogens (tertiary/aromatic N) is 6. The molecule has 0 aliphatic carbocycles. The first-order valence-electron chi connectivity index (χ1n) is 13.5. The van der Waals surface area contributed by atoms with Crippen LogP contribution in [0.5, 0.6) is 5.75 Å². The van der Waals surface area contributed by atoms with Gasteiger partial charge in [0.05, 0.1) is 31.5 Å². The summed E-state index contributed by atoms with van der Waals surface area (Å²) in [5.74, 6) is 0.873. The number of aromatic nitrogens is 4. The van der Waals surface area contributed by atoms with Crippen molar-refractivity contribution in [1.29, 1.82) is 0 Å². The van der Waals surface area contributed by atoms with Gasteiger partial charge in [-0.25, -0.2) is 9.67 Å². The zero-order valence-corrected chi connectivity index (χ0v) is 22.6. The lowest BCUT2D eigenvalue weighted by molar-refractivity contribution is 0.0287. The summed E-state index contributed by atoms with van der Waals surface area (Å²) in [5, 5.41) is 11.3. The third kappa shape index (κ3) is 5.96. The number of hydrogen-bond acceptors (Lipinski definition) is 9. The number of hydrogen-bond donors (Lipinski definition) is 1. The molecule has 208 valence electrons. The maximum atomic E-state index is 13.6. The molecule has 0 saturated carbocycles. The molecular weight excluding hydrogens is 502 g/mol. The Morgan fingerprint density at radius 1 is 1.23 bits per heavy atom. The topological polar surface area (TPSA) is 128 Å². The molecule has 12 nitrogen and oxygen atoms in total. The lowest BCUT2D eigenvalue weighted by Gasteiger charge is -2.20. The number of nitrogens with one attached hydrogen (secondary N) is 1. The fraction of sp³-hybridized carbons (Fsp3) is 0.519. The number of furan rings is 1. The maximum absolute atomic E-state index is 13.6. The van der Waals surface area contributed by atoms with E-state index in [1.54, 1.807) is 34.1 Å². The summed E-state index contributed by atoms with van der Waals surface area (Å²) in [7, 11) is 0. The molecule has 1 N–H and O–H groups in total. The summed E-state index contributed by atoms with van der Waals surface area (Å²) >= 11 is 0. The molecule has 2 aliphatic heterocycles. The third-order valence-corrected chi connectivity index (χ3v) is 7.18. The van der Waals surface area contributed by atoms with Crippen LogP contribution in [-0.2, 0) is 30.9 Å². The van der Waals surface area contributed by atoms with E-state index in [-0.39, 0.29) is 37.2 Å². The van der Waals surface area contributed by atoms with Gasteiger partial charge >= 0.3 is 0 Å². The van der Waals surface area contributed by atoms with Crippen molar-refractivity contribution in [1.82, 2.24) is 35.1 Å². The Bertz CT molecular complexity index is 1300. The Morgan fingerprint density at radius 2 is 2.08 bits per heavy atom. The van der Waals surface area contributed by atoms with E-state index < -0.39 is 12.1 Å². The van der Waals surface area contributed by atoms with E-state index in [4.69, 9.17) is 13.9 Å². The zero-order valence-electron chi connectivity index (χ0n) is 22.6. The lowest BCUT2D eigenvalue weighted by atomic mass is 10.2. The second-order valence-corrected chi connectivity index (χ2v) is 9.69. The molecule has 39 heavy (non-hydrogen) atoms. The monoisotopic (exact) mass is 537 g/mol. The number of fused-ring (bicyclic) bond motifs is 4. The summed E-state index contributed by atoms with van der Waals surface area (Å²) in [4.78, 5) is 35.0. The Hall–Kier alpha value is -3.77. The molecule has 1 fully saturated rings. The van der Waals surface area contributed by atoms with Gasteiger partial charge in [0.15, 0.2) is 17.2 Å². The van der Waals surface area contributed by atoms with E-state index in [0.29, 0.717) is 36.8 Å². The molecule has 0 unspecified atom stereocenters. The molecule has 3 aromatic heterocycles. The second kappa shape index (κ2) is 12.0. The van der Waals surface area contributed by atoms with Gasteiger partial charge in [0.1, 0.15) is 18.1 Å². The molecule has 0 spiro atoms. The molecular formula is C27H35N7O5. The van der Waals surface area contributed by atoms with Gasteiger partial charge in [-0.1, -0.05) is 26.0 Å². The van der Waals surface area contributed by atoms with Crippen LogP contribution < -0.4 is 10.1 Å². The van der Waals surface area contributed by atoms with Crippen molar-refractivity contribution in [3.8, 4) is 5.75 Å². The highest BCUT2D eigenvalue weighted by Gasteiger charge is 2.39. The van der Waals surface area contributed by atoms with Crippen LogP contribution in [0.2, 0.25) is 0 Å². The van der Waals surface area contributed by atoms with Gasteiger partial charge in [-0.3, -0.25) is 14.5 Å². The largest absolute Gasteiger partial charge is 0.489 e. The van der Waals surface area contributed by atoms with E-state index in [2.05, 4.69) is 39.4 Å². The molecule has 5 heterocycles. The number of aryl methyl sites for hydroxylation is 1. The molecule has 2 amide bonds. The van der Waals surface area contributed by atoms with Crippen LogP contribution >= 0.6 is 0 Å². The first-order valence-corrected chi connectivity index (χ1v) is 13.5. The Labute approximate surface area is 227 Å². The van der Waals surface area contributed by atoms with Gasteiger partial charge in [0.25, 0.3) is 11.8 Å². The number of likely N-dealkylation sites (tertiary alicyclic amines) is 1. The third-order valence-electron chi connectivity index (χ3n) is 7.18. The normalized spacial score (nSPS) is 19.7. The van der Waals surface area contributed by atoms with E-state index in [9.17, 15) is 9.59 Å². The van der Waals surface area contributed by atoms with Crippen molar-refractivity contribution >= 4 is 11.8 Å². The van der Waals surface area contributed by atoms with Crippen molar-refractivity contribution in [2.45, 2.75) is 59.0 Å². The average molecular weight is 538 g/mol. The zero-order chi connectivity index (χ0) is 27.4. The minimum absolute atomic E-state index is 0.178. The summed E-state index contributed by atoms with van der Waals surface area (Å²) in [6, 6.07) is 4.81. The molecule has 12 heteroatoms. The smallest absolute Gasteiger partial charge is 0.289 e. The van der Waals surface area contributed by atoms with Crippen LogP contribution in [0.25, 0.3) is 0 Å². The second-order valence-electron chi connectivity index (χ2n) is 9.69. The van der Waals surface area contributed by atoms with E-state index in [1.807, 2.05) is 13.0 Å². The highest BCUT2D eigenvalue weighted by atomic mass is 16.5. The van der Waals surface area contributed by atoms with Crippen LogP contribution in [0, 0.1) is 0 Å². The Balaban J connectivity index is 1.38. The van der Waals surface area contributed by atoms with Crippen molar-refractivity contribution in [2.75, 3.05) is 32.8 Å². The summed E-state index contributed by atoms with van der Waals surface area (Å²) in [5.41, 5.74) is 1.86. The van der Waals surface area contributed by atoms with Gasteiger partial charge in [0.2, 0.25) is 0 Å². The lowest BCUT2D eigenvalue weighted by Crippen LogP contribution is -2.44. The van der Waals surface area contributed by atoms with Crippen LogP contribution in [0.3, 0.4) is 0 Å². The summed E-state index contributed by atoms with van der Waals surface area (Å²) < 4.78 is 19.7. The van der Waals surface area contributed by atoms with E-state index >= 15 is 0 Å². The summed E-state index contributed by atoms with van der Waals surface area (Å²) in [6.45, 7) is 10.3. The maximum Gasteiger partial charge on any atom is 0.289 e. The van der Waals surface area contributed by atoms with Gasteiger partial charge < -0.3 is 24.1 Å². The quantitative estimate of drug-likeness (QED) is 0.501. The SMILES string of the molecule is CCc1oc(C(=O)N2C[C@@H]3NC(=O)c4ncccc4OCCn4cc(nn4)CO[C@H]3C2)cc1CN(CC)CC. The highest BCUT2D eigenvalue weighted by Crippen LogP contribution is 2.24. The number of rotatable bonds is 6. The van der Waals surface area contributed by atoms with Gasteiger partial charge in [-0.05, 0) is 31.3 Å². The van der Waals surface area contributed by atoms with Gasteiger partial charge in [-0.2, -0.15) is 0 Å². The molecule has 2 atom stereocenters. The fourth-order valence-electron chi connectivity index (χ4n) is 4.97. The molecule has 0 aromatic carbocycles. The molecule has 2 aliphatic rings. The van der Waals surface area contributed by atoms with E-state index in [1.165, 1.54) is 0 Å². The number of carbonyl (C=O) groups is 2. The molecule has 3 aromatic rings. The highest BCUT2D eigenvalue weighted by molar-refractivity contribution is 5.95. The number of carbonyl (C=O) groups excluding carboxylic acids is 2. The van der Waals surface area contributed by atoms with Crippen molar-refractivity contribution in [3.05, 3.63) is 59.1 Å². The van der Waals surface area contributed by atoms with Crippen molar-refractivity contribution in [3.63, 3.8) is 0 Å². The Morgan fingerprint density at radius 3 is 2.87 bits per heavy atom. The standard InChI is InChI=1S/C27H35N7O5/c1-4-21-18(13-32(5-2)6-3)12-23(39-21)27(36)33-15-20-24(16-33)38-17-19-14-34(31-30-19)10-11-37-22-8-7-9-28-25(22)26(35)29-20/h7-9,12,14,20,24H,4-6,10-11,13,15-17H2,1-3H3,(H,29,35)/t20-,24-/m0/s1. The first-order chi connectivity index (χ1) is 19.0. The van der Waals surface area contributed by atoms with Gasteiger partial charge in [-0.15, -0.1) is 5.10 Å². The molecule has 5 rings (SSSR count). The fourth-order valence-corrected chi connectivity index (χ4v) is 4.97. The van der Waals surface area contributed by atoms with Crippen molar-refractivity contribution < 1.29 is 23.5 Å². The molecule has 1 saturated heterocycles. The van der Waals surface area contributed by atoms with Crippen molar-refractivity contribution in [2.24, 2.45) is 0 Å². The van der Waals surface area contributed by atoms with Crippen LogP contribution in [0.4, 0.5) is 0 Å². The number of pyridine rings is 1. The van der Waals surface area contributed by atoms with E-state index in [0.717, 1.165) is 31.0 Å². The van der Waals surface area contributed by atoms with Gasteiger partial charge in [0, 0.05) is 37.8 Å². The predicted octanol–water partition coefficient (Wildman–Crippen LogP) is 1.90. The van der Waals surface area contributed by atoms with Crippen LogP contribution in [-0.4, -0.2) is 86.5 Å². The predicted molar refractivity (Wildman–Crippen MR) is 140 cm³/mol. The minimum Gasteiger partial charge on any atom is -0.489 e. The van der Waals surface area contributed by atoms with Crippen LogP contribution in [0.1, 0.15) is 58.8 Å². The first kappa shape index (κ1) is 26.8. The number of ether oxygens (including phenoxy) is 2. The van der Waals surface area contributed by atoms with Crippen LogP contribution in [0.15, 0.2) is 35.0 Å². The molecule has 0 radical (unpaired) electrons. The minimum atomic E-state index is -0.468. The molecule has 2 bridgehead atoms. The summed E-state index contributed by atoms with van der Waals surface area (Å²) in [6.07, 6.45) is 3.58. The Kier molecular flexibility index (Phi) is 8.22.